The number of nitrogens with one attached hydrogen (secondary N) is 3. The number of aromatic amines is 1. The van der Waals surface area contributed by atoms with Gasteiger partial charge in [0.15, 0.2) is 11.3 Å². The van der Waals surface area contributed by atoms with Crippen molar-refractivity contribution in [3.05, 3.63) is 84.9 Å². The Balaban J connectivity index is 1.40. The Morgan fingerprint density at radius 2 is 1.95 bits per heavy atom. The Hall–Kier alpha value is -4.53. The molecule has 5 rings (SSSR count). The summed E-state index contributed by atoms with van der Waals surface area (Å²) in [4.78, 5) is 28.7. The molecule has 2 heterocycles. The molecule has 182 valence electrons. The van der Waals surface area contributed by atoms with Gasteiger partial charge in [-0.25, -0.2) is 0 Å². The first kappa shape index (κ1) is 24.2. The molecule has 2 amide bonds. The van der Waals surface area contributed by atoms with Gasteiger partial charge in [0.1, 0.15) is 0 Å². The smallest absolute Gasteiger partial charge is 0.278 e. The number of tetrazole rings is 1. The van der Waals surface area contributed by atoms with E-state index in [9.17, 15) is 9.59 Å². The Morgan fingerprint density at radius 1 is 1.08 bits per heavy atom. The van der Waals surface area contributed by atoms with Crippen LogP contribution in [0.25, 0.3) is 32.8 Å². The third-order valence-electron chi connectivity index (χ3n) is 5.12. The van der Waals surface area contributed by atoms with Crippen LogP contribution in [0.3, 0.4) is 0 Å². The molecule has 0 saturated carbocycles. The molecule has 0 aliphatic heterocycles. The van der Waals surface area contributed by atoms with Crippen LogP contribution in [-0.4, -0.2) is 37.6 Å². The molecule has 5 aromatic rings. The summed E-state index contributed by atoms with van der Waals surface area (Å²) >= 11 is 8.08. The number of hydrogen-bond acceptors (Lipinski definition) is 8. The molecule has 2 aromatic heterocycles. The van der Waals surface area contributed by atoms with Crippen molar-refractivity contribution in [2.24, 2.45) is 5.11 Å². The topological polar surface area (TPSA) is 187 Å². The fourth-order valence-corrected chi connectivity index (χ4v) is 4.22. The van der Waals surface area contributed by atoms with Gasteiger partial charge in [-0.1, -0.05) is 27.9 Å². The molecular weight excluding hydrogens is 615 g/mol. The Labute approximate surface area is 225 Å². The van der Waals surface area contributed by atoms with E-state index in [0.29, 0.717) is 47.8 Å². The molecule has 15 heteroatoms. The number of halogens is 2. The Kier molecular flexibility index (Phi) is 6.68. The van der Waals surface area contributed by atoms with Crippen molar-refractivity contribution in [1.82, 2.24) is 25.8 Å². The largest absolute Gasteiger partial charge is 0.355 e. The molecule has 0 unspecified atom stereocenters. The summed E-state index contributed by atoms with van der Waals surface area (Å²) in [5.41, 5.74) is 11.0. The zero-order chi connectivity index (χ0) is 25.9. The lowest BCUT2D eigenvalue weighted by Crippen LogP contribution is -2.14. The molecule has 0 saturated heterocycles. The van der Waals surface area contributed by atoms with Gasteiger partial charge in [-0.05, 0) is 81.9 Å². The minimum Gasteiger partial charge on any atom is -0.355 e. The molecule has 0 aliphatic rings. The fourth-order valence-electron chi connectivity index (χ4n) is 3.43. The third-order valence-corrected chi connectivity index (χ3v) is 6.22. The van der Waals surface area contributed by atoms with Crippen molar-refractivity contribution in [2.75, 3.05) is 10.6 Å². The number of benzene rings is 3. The number of H-pyrrole nitrogens is 1. The first-order valence-corrected chi connectivity index (χ1v) is 11.8. The van der Waals surface area contributed by atoms with Gasteiger partial charge >= 0.3 is 0 Å². The number of nitrogens with zero attached hydrogens (tertiary/aromatic N) is 7. The maximum atomic E-state index is 13.1. The summed E-state index contributed by atoms with van der Waals surface area (Å²) in [6.45, 7) is 0. The van der Waals surface area contributed by atoms with Crippen LogP contribution in [0, 0.1) is 3.57 Å². The highest BCUT2D eigenvalue weighted by molar-refractivity contribution is 14.1. The average Bonchev–Trinajstić information content (AvgIpc) is 3.56. The second-order valence-corrected chi connectivity index (χ2v) is 9.03. The summed E-state index contributed by atoms with van der Waals surface area (Å²) in [5.74, 6) is -0.703. The highest BCUT2D eigenvalue weighted by atomic mass is 127. The average molecular weight is 627 g/mol. The third kappa shape index (κ3) is 5.06. The van der Waals surface area contributed by atoms with Gasteiger partial charge in [-0.2, -0.15) is 5.21 Å². The van der Waals surface area contributed by atoms with Gasteiger partial charge in [0.2, 0.25) is 5.82 Å². The van der Waals surface area contributed by atoms with E-state index in [1.807, 2.05) is 22.6 Å². The molecule has 0 fully saturated rings. The van der Waals surface area contributed by atoms with Crippen molar-refractivity contribution in [3.8, 4) is 11.4 Å². The van der Waals surface area contributed by atoms with Gasteiger partial charge in [0.25, 0.3) is 11.8 Å². The number of amides is 2. The number of fused-ring (bicyclic) bond motifs is 1. The van der Waals surface area contributed by atoms with E-state index in [1.54, 1.807) is 54.6 Å². The van der Waals surface area contributed by atoms with Crippen molar-refractivity contribution in [3.63, 3.8) is 0 Å². The van der Waals surface area contributed by atoms with E-state index in [4.69, 9.17) is 21.7 Å². The van der Waals surface area contributed by atoms with Crippen molar-refractivity contribution in [2.45, 2.75) is 0 Å². The van der Waals surface area contributed by atoms with Gasteiger partial charge in [-0.15, -0.1) is 10.2 Å². The predicted octanol–water partition coefficient (Wildman–Crippen LogP) is 5.71. The molecule has 0 bridgehead atoms. The lowest BCUT2D eigenvalue weighted by Gasteiger charge is -2.09. The predicted molar refractivity (Wildman–Crippen MR) is 143 cm³/mol. The van der Waals surface area contributed by atoms with Crippen LogP contribution in [0.2, 0.25) is 5.02 Å². The van der Waals surface area contributed by atoms with Crippen LogP contribution >= 0.6 is 34.2 Å². The van der Waals surface area contributed by atoms with Crippen LogP contribution < -0.4 is 10.6 Å². The van der Waals surface area contributed by atoms with Crippen LogP contribution in [0.15, 0.2) is 64.2 Å². The first-order valence-electron chi connectivity index (χ1n) is 10.3. The van der Waals surface area contributed by atoms with Gasteiger partial charge in [0.05, 0.1) is 16.8 Å². The monoisotopic (exact) mass is 626 g/mol. The summed E-state index contributed by atoms with van der Waals surface area (Å²) in [7, 11) is 0. The van der Waals surface area contributed by atoms with E-state index in [1.165, 1.54) is 0 Å². The molecule has 3 N–H and O–H groups in total. The minimum absolute atomic E-state index is 0.00776. The molecule has 13 nitrogen and oxygen atoms in total. The summed E-state index contributed by atoms with van der Waals surface area (Å²) < 4.78 is 5.92. The SMILES string of the molecule is [N-]=[N+]=Nc1ccc(C(=O)Nc2ccc3onc(C(=O)Nc4ccc(Cl)cc4-c4nn[nH]n4)c3c2)cc1I. The number of carbonyl (C=O) groups is 2. The summed E-state index contributed by atoms with van der Waals surface area (Å²) in [6, 6.07) is 14.3. The number of rotatable bonds is 6. The number of hydrogen-bond donors (Lipinski definition) is 3. The highest BCUT2D eigenvalue weighted by Gasteiger charge is 2.20. The molecule has 37 heavy (non-hydrogen) atoms. The van der Waals surface area contributed by atoms with Crippen molar-refractivity contribution in [1.29, 1.82) is 0 Å². The molecule has 0 radical (unpaired) electrons. The minimum atomic E-state index is -0.558. The molecule has 0 aliphatic carbocycles. The zero-order valence-corrected chi connectivity index (χ0v) is 21.2. The van der Waals surface area contributed by atoms with Crippen LogP contribution in [0.4, 0.5) is 17.1 Å². The normalized spacial score (nSPS) is 10.6. The molecule has 0 spiro atoms. The first-order chi connectivity index (χ1) is 17.9. The standard InChI is InChI=1S/C22H12ClIN10O3/c23-11-2-5-16(13(8-11)20-29-33-34-30-20)27-22(36)19-14-9-12(3-6-18(14)37-31-19)26-21(35)10-1-4-17(28-32-25)15(24)7-10/h1-9H,(H,26,35)(H,27,36)(H,29,30,33,34). The van der Waals surface area contributed by atoms with E-state index in [-0.39, 0.29) is 11.5 Å². The van der Waals surface area contributed by atoms with E-state index in [0.717, 1.165) is 0 Å². The maximum Gasteiger partial charge on any atom is 0.278 e. The Morgan fingerprint density at radius 3 is 2.70 bits per heavy atom. The molecular formula is C22H12ClIN10O3. The van der Waals surface area contributed by atoms with Gasteiger partial charge < -0.3 is 15.2 Å². The maximum absolute atomic E-state index is 13.1. The number of anilines is 2. The Bertz CT molecular complexity index is 1710. The number of azide groups is 1. The van der Waals surface area contributed by atoms with Crippen LogP contribution in [0.5, 0.6) is 0 Å². The van der Waals surface area contributed by atoms with Gasteiger partial charge in [0, 0.05) is 30.3 Å². The lowest BCUT2D eigenvalue weighted by molar-refractivity contribution is 0.101. The van der Waals surface area contributed by atoms with Crippen LogP contribution in [0.1, 0.15) is 20.8 Å². The lowest BCUT2D eigenvalue weighted by atomic mass is 10.1. The van der Waals surface area contributed by atoms with Gasteiger partial charge in [-0.3, -0.25) is 9.59 Å². The van der Waals surface area contributed by atoms with E-state index in [2.05, 4.69) is 46.4 Å². The quantitative estimate of drug-likeness (QED) is 0.0931. The second kappa shape index (κ2) is 10.2. The van der Waals surface area contributed by atoms with Crippen molar-refractivity contribution >= 4 is 74.0 Å². The van der Waals surface area contributed by atoms with E-state index >= 15 is 0 Å². The van der Waals surface area contributed by atoms with Crippen molar-refractivity contribution < 1.29 is 14.1 Å². The number of aromatic nitrogens is 5. The summed E-state index contributed by atoms with van der Waals surface area (Å²) in [6.07, 6.45) is 0. The fraction of sp³-hybridized carbons (Fsp3) is 0. The van der Waals surface area contributed by atoms with E-state index < -0.39 is 11.8 Å². The molecule has 3 aromatic carbocycles. The zero-order valence-electron chi connectivity index (χ0n) is 18.3. The summed E-state index contributed by atoms with van der Waals surface area (Å²) in [5, 5.41) is 27.6. The second-order valence-electron chi connectivity index (χ2n) is 7.43. The molecule has 0 atom stereocenters. The number of carbonyl (C=O) groups excluding carboxylic acids is 2. The van der Waals surface area contributed by atoms with Crippen LogP contribution in [-0.2, 0) is 0 Å². The highest BCUT2D eigenvalue weighted by Crippen LogP contribution is 2.30.